The molecule has 1 aromatic carbocycles. The topological polar surface area (TPSA) is 101 Å². The Labute approximate surface area is 99.6 Å². The summed E-state index contributed by atoms with van der Waals surface area (Å²) in [5.74, 6) is 0. The second-order valence-corrected chi connectivity index (χ2v) is 3.71. The van der Waals surface area contributed by atoms with Gasteiger partial charge in [0.25, 0.3) is 0 Å². The zero-order valence-corrected chi connectivity index (χ0v) is 9.56. The molecule has 4 N–H and O–H groups in total. The molecule has 1 rings (SSSR count). The molecule has 0 saturated heterocycles. The van der Waals surface area contributed by atoms with E-state index in [2.05, 4.69) is 5.32 Å². The van der Waals surface area contributed by atoms with Crippen LogP contribution < -0.4 is 11.1 Å². The molecular weight excluding hydrogens is 222 g/mol. The molecule has 6 heteroatoms. The van der Waals surface area contributed by atoms with Crippen LogP contribution >= 0.6 is 0 Å². The van der Waals surface area contributed by atoms with Crippen LogP contribution in [-0.2, 0) is 0 Å². The number of hydrogen-bond acceptors (Lipinski definition) is 5. The number of aliphatic hydroxyl groups is 1. The molecule has 0 aliphatic heterocycles. The van der Waals surface area contributed by atoms with E-state index in [1.807, 2.05) is 0 Å². The highest BCUT2D eigenvalue weighted by Gasteiger charge is 2.16. The Morgan fingerprint density at radius 3 is 2.76 bits per heavy atom. The average Bonchev–Trinajstić information content (AvgIpc) is 2.28. The number of anilines is 2. The molecule has 0 fully saturated rings. The van der Waals surface area contributed by atoms with Crippen molar-refractivity contribution in [1.82, 2.24) is 0 Å². The third-order valence-electron chi connectivity index (χ3n) is 2.40. The summed E-state index contributed by atoms with van der Waals surface area (Å²) in [6.07, 6.45) is 2.49. The zero-order chi connectivity index (χ0) is 12.7. The van der Waals surface area contributed by atoms with Crippen LogP contribution in [0.1, 0.15) is 19.3 Å². The van der Waals surface area contributed by atoms with E-state index in [9.17, 15) is 10.1 Å². The summed E-state index contributed by atoms with van der Waals surface area (Å²) < 4.78 is 0. The first kappa shape index (κ1) is 13.2. The van der Waals surface area contributed by atoms with Crippen molar-refractivity contribution < 1.29 is 10.0 Å². The van der Waals surface area contributed by atoms with E-state index < -0.39 is 4.92 Å². The minimum atomic E-state index is -0.481. The second-order valence-electron chi connectivity index (χ2n) is 3.71. The summed E-state index contributed by atoms with van der Waals surface area (Å²) in [4.78, 5) is 10.3. The fourth-order valence-electron chi connectivity index (χ4n) is 1.54. The number of nitrogens with zero attached hydrogens (tertiary/aromatic N) is 1. The third-order valence-corrected chi connectivity index (χ3v) is 2.40. The normalized spacial score (nSPS) is 10.2. The van der Waals surface area contributed by atoms with Crippen molar-refractivity contribution >= 4 is 17.1 Å². The van der Waals surface area contributed by atoms with Crippen LogP contribution in [0.4, 0.5) is 17.1 Å². The van der Waals surface area contributed by atoms with Crippen molar-refractivity contribution in [3.8, 4) is 0 Å². The van der Waals surface area contributed by atoms with Gasteiger partial charge in [-0.3, -0.25) is 10.1 Å². The van der Waals surface area contributed by atoms with Crippen LogP contribution in [0.15, 0.2) is 18.2 Å². The lowest BCUT2D eigenvalue weighted by Gasteiger charge is -2.07. The number of nitro benzene ring substituents is 1. The summed E-state index contributed by atoms with van der Waals surface area (Å²) in [6, 6.07) is 4.83. The number of aliphatic hydroxyl groups excluding tert-OH is 1. The van der Waals surface area contributed by atoms with Crippen molar-refractivity contribution in [2.24, 2.45) is 0 Å². The van der Waals surface area contributed by atoms with Crippen LogP contribution in [0, 0.1) is 10.1 Å². The van der Waals surface area contributed by atoms with E-state index in [-0.39, 0.29) is 18.0 Å². The van der Waals surface area contributed by atoms with E-state index in [0.717, 1.165) is 19.3 Å². The van der Waals surface area contributed by atoms with Crippen LogP contribution in [0.2, 0.25) is 0 Å². The summed E-state index contributed by atoms with van der Waals surface area (Å²) in [6.45, 7) is 0.808. The van der Waals surface area contributed by atoms with E-state index in [4.69, 9.17) is 10.8 Å². The van der Waals surface area contributed by atoms with Gasteiger partial charge in [0.05, 0.1) is 4.92 Å². The number of nitrogens with two attached hydrogens (primary N) is 1. The maximum atomic E-state index is 10.8. The Morgan fingerprint density at radius 2 is 2.12 bits per heavy atom. The number of unbranched alkanes of at least 4 members (excludes halogenated alkanes) is 2. The lowest BCUT2D eigenvalue weighted by molar-refractivity contribution is -0.383. The Morgan fingerprint density at radius 1 is 1.35 bits per heavy atom. The highest BCUT2D eigenvalue weighted by atomic mass is 16.6. The predicted octanol–water partition coefficient (Wildman–Crippen LogP) is 1.75. The molecule has 0 aromatic heterocycles. The number of hydrogen-bond donors (Lipinski definition) is 3. The molecule has 0 bridgehead atoms. The van der Waals surface area contributed by atoms with Crippen LogP contribution in [-0.4, -0.2) is 23.2 Å². The summed E-state index contributed by atoms with van der Waals surface area (Å²) in [5, 5.41) is 22.4. The molecule has 1 aromatic rings. The van der Waals surface area contributed by atoms with Gasteiger partial charge < -0.3 is 16.2 Å². The number of benzene rings is 1. The Hall–Kier alpha value is -1.82. The highest BCUT2D eigenvalue weighted by molar-refractivity contribution is 5.74. The smallest absolute Gasteiger partial charge is 0.314 e. The van der Waals surface area contributed by atoms with Crippen molar-refractivity contribution in [2.75, 3.05) is 24.2 Å². The fourth-order valence-corrected chi connectivity index (χ4v) is 1.54. The second kappa shape index (κ2) is 6.70. The summed E-state index contributed by atoms with van der Waals surface area (Å²) >= 11 is 0. The molecule has 0 saturated carbocycles. The Bertz CT molecular complexity index is 382. The van der Waals surface area contributed by atoms with Crippen LogP contribution in [0.25, 0.3) is 0 Å². The molecule has 0 amide bonds. The van der Waals surface area contributed by atoms with Gasteiger partial charge in [0.1, 0.15) is 11.4 Å². The van der Waals surface area contributed by atoms with Gasteiger partial charge in [-0.25, -0.2) is 0 Å². The first-order valence-corrected chi connectivity index (χ1v) is 5.54. The van der Waals surface area contributed by atoms with Crippen molar-refractivity contribution in [3.05, 3.63) is 28.3 Å². The van der Waals surface area contributed by atoms with Crippen molar-refractivity contribution in [1.29, 1.82) is 0 Å². The summed E-state index contributed by atoms with van der Waals surface area (Å²) in [7, 11) is 0. The third kappa shape index (κ3) is 3.92. The van der Waals surface area contributed by atoms with Gasteiger partial charge in [-0.05, 0) is 31.4 Å². The van der Waals surface area contributed by atoms with Gasteiger partial charge in [0.2, 0.25) is 0 Å². The number of rotatable bonds is 7. The fraction of sp³-hybridized carbons (Fsp3) is 0.455. The van der Waals surface area contributed by atoms with E-state index in [1.54, 1.807) is 12.1 Å². The summed E-state index contributed by atoms with van der Waals surface area (Å²) in [5.41, 5.74) is 6.09. The molecule has 0 radical (unpaired) electrons. The maximum Gasteiger partial charge on any atom is 0.314 e. The Kier molecular flexibility index (Phi) is 5.22. The maximum absolute atomic E-state index is 10.8. The van der Waals surface area contributed by atoms with E-state index in [0.29, 0.717) is 12.2 Å². The van der Waals surface area contributed by atoms with Gasteiger partial charge >= 0.3 is 5.69 Å². The number of nitrogen functional groups attached to an aromatic ring is 1. The molecule has 0 atom stereocenters. The lowest BCUT2D eigenvalue weighted by Crippen LogP contribution is -2.06. The number of nitro groups is 1. The quantitative estimate of drug-likeness (QED) is 0.291. The lowest BCUT2D eigenvalue weighted by atomic mass is 10.2. The SMILES string of the molecule is Nc1cccc(NCCCCCO)c1[N+](=O)[O-]. The number of para-hydroxylation sites is 1. The van der Waals surface area contributed by atoms with Gasteiger partial charge in [-0.1, -0.05) is 6.07 Å². The molecule has 0 aliphatic rings. The minimum absolute atomic E-state index is 0.0744. The van der Waals surface area contributed by atoms with Crippen molar-refractivity contribution in [3.63, 3.8) is 0 Å². The molecule has 0 unspecified atom stereocenters. The largest absolute Gasteiger partial charge is 0.396 e. The van der Waals surface area contributed by atoms with E-state index in [1.165, 1.54) is 6.07 Å². The molecule has 0 spiro atoms. The number of nitrogens with one attached hydrogen (secondary N) is 1. The van der Waals surface area contributed by atoms with Crippen LogP contribution in [0.3, 0.4) is 0 Å². The molecule has 94 valence electrons. The minimum Gasteiger partial charge on any atom is -0.396 e. The molecule has 0 aliphatic carbocycles. The van der Waals surface area contributed by atoms with Gasteiger partial charge in [0, 0.05) is 13.2 Å². The molecule has 17 heavy (non-hydrogen) atoms. The zero-order valence-electron chi connectivity index (χ0n) is 9.56. The molecule has 0 heterocycles. The van der Waals surface area contributed by atoms with Crippen molar-refractivity contribution in [2.45, 2.75) is 19.3 Å². The average molecular weight is 239 g/mol. The van der Waals surface area contributed by atoms with Crippen LogP contribution in [0.5, 0.6) is 0 Å². The molecule has 6 nitrogen and oxygen atoms in total. The van der Waals surface area contributed by atoms with Gasteiger partial charge in [0.15, 0.2) is 0 Å². The standard InChI is InChI=1S/C11H17N3O3/c12-9-5-4-6-10(11(9)14(16)17)13-7-2-1-3-8-15/h4-6,13,15H,1-3,7-8,12H2. The molecular formula is C11H17N3O3. The Balaban J connectivity index is 2.58. The van der Waals surface area contributed by atoms with Gasteiger partial charge in [-0.2, -0.15) is 0 Å². The first-order chi connectivity index (χ1) is 8.16. The van der Waals surface area contributed by atoms with Gasteiger partial charge in [-0.15, -0.1) is 0 Å². The van der Waals surface area contributed by atoms with E-state index >= 15 is 0 Å². The first-order valence-electron chi connectivity index (χ1n) is 5.54. The highest BCUT2D eigenvalue weighted by Crippen LogP contribution is 2.30. The predicted molar refractivity (Wildman–Crippen MR) is 66.9 cm³/mol. The monoisotopic (exact) mass is 239 g/mol.